The summed E-state index contributed by atoms with van der Waals surface area (Å²) in [6.07, 6.45) is -4.52. The predicted octanol–water partition coefficient (Wildman–Crippen LogP) is 3.66. The van der Waals surface area contributed by atoms with Crippen molar-refractivity contribution in [2.45, 2.75) is 13.1 Å². The fraction of sp³-hybridized carbons (Fsp3) is 0.143. The number of amides is 1. The van der Waals surface area contributed by atoms with Crippen molar-refractivity contribution in [2.75, 3.05) is 5.32 Å². The van der Waals surface area contributed by atoms with E-state index >= 15 is 0 Å². The lowest BCUT2D eigenvalue weighted by Gasteiger charge is -2.13. The number of alkyl halides is 3. The number of aromatic nitrogens is 1. The van der Waals surface area contributed by atoms with E-state index in [1.807, 2.05) is 0 Å². The van der Waals surface area contributed by atoms with Gasteiger partial charge in [0.15, 0.2) is 0 Å². The topological polar surface area (TPSA) is 42.0 Å². The average molecular weight is 280 g/mol. The zero-order valence-corrected chi connectivity index (χ0v) is 10.5. The Morgan fingerprint density at radius 3 is 2.45 bits per heavy atom. The number of para-hydroxylation sites is 1. The Bertz CT molecular complexity index is 638. The number of benzene rings is 1. The number of hydrogen-bond acceptors (Lipinski definition) is 2. The third kappa shape index (κ3) is 3.14. The Hall–Kier alpha value is -2.37. The van der Waals surface area contributed by atoms with E-state index < -0.39 is 17.6 Å². The second-order valence-electron chi connectivity index (χ2n) is 4.16. The molecule has 1 amide bonds. The lowest BCUT2D eigenvalue weighted by atomic mass is 10.1. The van der Waals surface area contributed by atoms with Crippen LogP contribution in [0.15, 0.2) is 42.5 Å². The van der Waals surface area contributed by atoms with Gasteiger partial charge >= 0.3 is 6.18 Å². The highest BCUT2D eigenvalue weighted by Crippen LogP contribution is 2.34. The van der Waals surface area contributed by atoms with E-state index in [1.54, 1.807) is 19.1 Å². The van der Waals surface area contributed by atoms with Gasteiger partial charge < -0.3 is 5.32 Å². The van der Waals surface area contributed by atoms with E-state index in [2.05, 4.69) is 10.3 Å². The minimum absolute atomic E-state index is 0.0713. The summed E-state index contributed by atoms with van der Waals surface area (Å²) in [4.78, 5) is 15.9. The maximum absolute atomic E-state index is 12.8. The van der Waals surface area contributed by atoms with Crippen LogP contribution in [0.25, 0.3) is 0 Å². The summed E-state index contributed by atoms with van der Waals surface area (Å²) in [5, 5.41) is 2.24. The summed E-state index contributed by atoms with van der Waals surface area (Å²) >= 11 is 0. The summed E-state index contributed by atoms with van der Waals surface area (Å²) in [5.74, 6) is -0.676. The smallest absolute Gasteiger partial charge is 0.320 e. The molecule has 104 valence electrons. The minimum atomic E-state index is -4.52. The monoisotopic (exact) mass is 280 g/mol. The Kier molecular flexibility index (Phi) is 3.74. The maximum atomic E-state index is 12.8. The third-order valence-electron chi connectivity index (χ3n) is 2.60. The number of nitrogens with zero attached hydrogens (tertiary/aromatic N) is 1. The molecule has 0 saturated carbocycles. The van der Waals surface area contributed by atoms with E-state index in [9.17, 15) is 18.0 Å². The maximum Gasteiger partial charge on any atom is 0.418 e. The van der Waals surface area contributed by atoms with Crippen LogP contribution in [-0.4, -0.2) is 10.9 Å². The Balaban J connectivity index is 2.29. The van der Waals surface area contributed by atoms with E-state index in [-0.39, 0.29) is 11.4 Å². The van der Waals surface area contributed by atoms with Gasteiger partial charge in [0, 0.05) is 5.69 Å². The Morgan fingerprint density at radius 1 is 1.10 bits per heavy atom. The van der Waals surface area contributed by atoms with Crippen LogP contribution in [-0.2, 0) is 6.18 Å². The van der Waals surface area contributed by atoms with Crippen LogP contribution in [0, 0.1) is 6.92 Å². The molecule has 6 heteroatoms. The van der Waals surface area contributed by atoms with Crippen LogP contribution >= 0.6 is 0 Å². The Morgan fingerprint density at radius 2 is 1.80 bits per heavy atom. The summed E-state index contributed by atoms with van der Waals surface area (Å²) in [6.45, 7) is 1.69. The largest absolute Gasteiger partial charge is 0.418 e. The van der Waals surface area contributed by atoms with Gasteiger partial charge in [-0.2, -0.15) is 13.2 Å². The van der Waals surface area contributed by atoms with Gasteiger partial charge in [-0.25, -0.2) is 4.98 Å². The van der Waals surface area contributed by atoms with E-state index in [0.29, 0.717) is 5.69 Å². The second-order valence-corrected chi connectivity index (χ2v) is 4.16. The molecular formula is C14H11F3N2O. The van der Waals surface area contributed by atoms with Gasteiger partial charge in [0.2, 0.25) is 0 Å². The summed E-state index contributed by atoms with van der Waals surface area (Å²) in [7, 11) is 0. The number of carbonyl (C=O) groups excluding carboxylic acids is 1. The summed E-state index contributed by atoms with van der Waals surface area (Å²) < 4.78 is 38.4. The molecule has 3 nitrogen and oxygen atoms in total. The van der Waals surface area contributed by atoms with Gasteiger partial charge in [0.05, 0.1) is 11.3 Å². The number of halogens is 3. The lowest BCUT2D eigenvalue weighted by molar-refractivity contribution is -0.136. The molecule has 2 aromatic rings. The van der Waals surface area contributed by atoms with E-state index in [0.717, 1.165) is 6.07 Å². The molecule has 0 aliphatic rings. The van der Waals surface area contributed by atoms with E-state index in [4.69, 9.17) is 0 Å². The number of rotatable bonds is 2. The molecule has 0 aliphatic heterocycles. The molecule has 0 fully saturated rings. The summed E-state index contributed by atoms with van der Waals surface area (Å²) in [5.41, 5.74) is -0.488. The molecule has 1 aromatic heterocycles. The second kappa shape index (κ2) is 5.32. The quantitative estimate of drug-likeness (QED) is 0.912. The normalized spacial score (nSPS) is 11.2. The van der Waals surface area contributed by atoms with Crippen molar-refractivity contribution in [3.8, 4) is 0 Å². The molecule has 1 heterocycles. The van der Waals surface area contributed by atoms with Crippen LogP contribution in [0.3, 0.4) is 0 Å². The van der Waals surface area contributed by atoms with Crippen LogP contribution in [0.2, 0.25) is 0 Å². The highest BCUT2D eigenvalue weighted by molar-refractivity contribution is 6.03. The first-order valence-corrected chi connectivity index (χ1v) is 5.79. The van der Waals surface area contributed by atoms with Crippen molar-refractivity contribution >= 4 is 11.6 Å². The zero-order valence-electron chi connectivity index (χ0n) is 10.5. The first-order valence-electron chi connectivity index (χ1n) is 5.79. The SMILES string of the molecule is Cc1cccc(C(=O)Nc2ccccc2C(F)(F)F)n1. The first kappa shape index (κ1) is 14.0. The molecule has 0 saturated heterocycles. The van der Waals surface area contributed by atoms with Crippen molar-refractivity contribution in [3.05, 3.63) is 59.4 Å². The van der Waals surface area contributed by atoms with Crippen molar-refractivity contribution in [2.24, 2.45) is 0 Å². The molecule has 0 radical (unpaired) electrons. The highest BCUT2D eigenvalue weighted by Gasteiger charge is 2.33. The molecule has 1 aromatic carbocycles. The van der Waals surface area contributed by atoms with Crippen molar-refractivity contribution in [1.29, 1.82) is 0 Å². The number of anilines is 1. The zero-order chi connectivity index (χ0) is 14.8. The molecule has 1 N–H and O–H groups in total. The summed E-state index contributed by atoms with van der Waals surface area (Å²) in [6, 6.07) is 9.57. The van der Waals surface area contributed by atoms with Gasteiger partial charge in [-0.05, 0) is 31.2 Å². The van der Waals surface area contributed by atoms with Gasteiger partial charge in [-0.1, -0.05) is 18.2 Å². The fourth-order valence-electron chi connectivity index (χ4n) is 1.70. The van der Waals surface area contributed by atoms with Gasteiger partial charge in [0.1, 0.15) is 5.69 Å². The number of carbonyl (C=O) groups is 1. The highest BCUT2D eigenvalue weighted by atomic mass is 19.4. The Labute approximate surface area is 113 Å². The van der Waals surface area contributed by atoms with Crippen LogP contribution in [0.1, 0.15) is 21.7 Å². The number of nitrogens with one attached hydrogen (secondary N) is 1. The van der Waals surface area contributed by atoms with Crippen molar-refractivity contribution < 1.29 is 18.0 Å². The average Bonchev–Trinajstić information content (AvgIpc) is 2.38. The number of hydrogen-bond donors (Lipinski definition) is 1. The van der Waals surface area contributed by atoms with Crippen LogP contribution in [0.5, 0.6) is 0 Å². The molecule has 0 unspecified atom stereocenters. The molecule has 20 heavy (non-hydrogen) atoms. The molecule has 0 aliphatic carbocycles. The lowest BCUT2D eigenvalue weighted by Crippen LogP contribution is -2.17. The standard InChI is InChI=1S/C14H11F3N2O/c1-9-5-4-8-12(18-9)13(20)19-11-7-3-2-6-10(11)14(15,16)17/h2-8H,1H3,(H,19,20). The van der Waals surface area contributed by atoms with Gasteiger partial charge in [-0.15, -0.1) is 0 Å². The molecule has 0 bridgehead atoms. The molecule has 0 spiro atoms. The molecule has 0 atom stereocenters. The molecular weight excluding hydrogens is 269 g/mol. The van der Waals surface area contributed by atoms with Crippen molar-refractivity contribution in [3.63, 3.8) is 0 Å². The van der Waals surface area contributed by atoms with Crippen LogP contribution < -0.4 is 5.32 Å². The predicted molar refractivity (Wildman–Crippen MR) is 68.4 cm³/mol. The number of pyridine rings is 1. The van der Waals surface area contributed by atoms with Gasteiger partial charge in [0.25, 0.3) is 5.91 Å². The first-order chi connectivity index (χ1) is 9.38. The van der Waals surface area contributed by atoms with Crippen LogP contribution in [0.4, 0.5) is 18.9 Å². The van der Waals surface area contributed by atoms with Crippen molar-refractivity contribution in [1.82, 2.24) is 4.98 Å². The molecule has 2 rings (SSSR count). The van der Waals surface area contributed by atoms with Gasteiger partial charge in [-0.3, -0.25) is 4.79 Å². The fourth-order valence-corrected chi connectivity index (χ4v) is 1.70. The third-order valence-corrected chi connectivity index (χ3v) is 2.60. The number of aryl methyl sites for hydroxylation is 1. The van der Waals surface area contributed by atoms with E-state index in [1.165, 1.54) is 24.3 Å². The minimum Gasteiger partial charge on any atom is -0.320 e.